The van der Waals surface area contributed by atoms with Crippen molar-refractivity contribution >= 4 is 29.2 Å². The van der Waals surface area contributed by atoms with Crippen LogP contribution in [-0.4, -0.2) is 52.9 Å². The van der Waals surface area contributed by atoms with E-state index in [4.69, 9.17) is 20.9 Å². The van der Waals surface area contributed by atoms with Gasteiger partial charge >= 0.3 is 5.97 Å². The molecule has 2 aromatic carbocycles. The van der Waals surface area contributed by atoms with Crippen molar-refractivity contribution in [2.75, 3.05) is 30.6 Å². The van der Waals surface area contributed by atoms with E-state index in [2.05, 4.69) is 16.5 Å². The third-order valence-electron chi connectivity index (χ3n) is 6.16. The minimum absolute atomic E-state index is 0.0192. The van der Waals surface area contributed by atoms with Crippen molar-refractivity contribution in [3.8, 4) is 11.1 Å². The van der Waals surface area contributed by atoms with Gasteiger partial charge in [0.2, 0.25) is 11.7 Å². The third-order valence-corrected chi connectivity index (χ3v) is 6.16. The van der Waals surface area contributed by atoms with E-state index >= 15 is 0 Å². The molecular formula is C25H25N5O5. The lowest BCUT2D eigenvalue weighted by Gasteiger charge is -2.45. The Labute approximate surface area is 201 Å². The molecule has 0 fully saturated rings. The highest BCUT2D eigenvalue weighted by atomic mass is 16.6. The Hall–Kier alpha value is -4.28. The number of benzene rings is 2. The fraction of sp³-hybridized carbons (Fsp3) is 0.200. The smallest absolute Gasteiger partial charge is 0.349 e. The molecule has 0 bridgehead atoms. The Balaban J connectivity index is 2.07. The molecule has 2 unspecified atom stereocenters. The van der Waals surface area contributed by atoms with Gasteiger partial charge in [-0.2, -0.15) is 4.98 Å². The second-order valence-corrected chi connectivity index (χ2v) is 7.92. The van der Waals surface area contributed by atoms with Gasteiger partial charge in [-0.15, -0.1) is 0 Å². The average Bonchev–Trinajstić information content (AvgIpc) is 2.85. The molecule has 35 heavy (non-hydrogen) atoms. The number of carboxylic acids is 1. The summed E-state index contributed by atoms with van der Waals surface area (Å²) in [6.45, 7) is 3.82. The number of rotatable bonds is 7. The monoisotopic (exact) mass is 475 g/mol. The fourth-order valence-electron chi connectivity index (χ4n) is 4.51. The van der Waals surface area contributed by atoms with E-state index in [1.165, 1.54) is 24.4 Å². The van der Waals surface area contributed by atoms with Gasteiger partial charge in [0.25, 0.3) is 5.60 Å². The number of hydrogen-bond acceptors (Lipinski definition) is 9. The summed E-state index contributed by atoms with van der Waals surface area (Å²) >= 11 is 0. The molecule has 1 aliphatic heterocycles. The minimum Gasteiger partial charge on any atom is -0.479 e. The van der Waals surface area contributed by atoms with Crippen LogP contribution in [0.25, 0.3) is 11.1 Å². The van der Waals surface area contributed by atoms with Crippen molar-refractivity contribution in [1.82, 2.24) is 9.97 Å². The van der Waals surface area contributed by atoms with Crippen LogP contribution in [-0.2, 0) is 20.7 Å². The maximum Gasteiger partial charge on any atom is 0.349 e. The molecule has 10 heteroatoms. The lowest BCUT2D eigenvalue weighted by atomic mass is 9.79. The number of carboxylic acid groups (broad SMARTS) is 1. The van der Waals surface area contributed by atoms with Gasteiger partial charge in [-0.3, -0.25) is 4.79 Å². The summed E-state index contributed by atoms with van der Waals surface area (Å²) in [4.78, 5) is 36.1. The van der Waals surface area contributed by atoms with E-state index in [-0.39, 0.29) is 23.8 Å². The van der Waals surface area contributed by atoms with Crippen LogP contribution in [0.15, 0.2) is 61.4 Å². The van der Waals surface area contributed by atoms with E-state index in [0.29, 0.717) is 22.4 Å². The highest BCUT2D eigenvalue weighted by Crippen LogP contribution is 2.44. The number of aromatic nitrogens is 2. The van der Waals surface area contributed by atoms with Crippen molar-refractivity contribution in [2.45, 2.75) is 18.2 Å². The van der Waals surface area contributed by atoms with Crippen LogP contribution >= 0.6 is 0 Å². The summed E-state index contributed by atoms with van der Waals surface area (Å²) < 4.78 is 10.9. The summed E-state index contributed by atoms with van der Waals surface area (Å²) in [5, 5.41) is 10.2. The number of carbonyl (C=O) groups is 2. The van der Waals surface area contributed by atoms with E-state index in [9.17, 15) is 14.7 Å². The predicted octanol–water partition coefficient (Wildman–Crippen LogP) is 2.49. The molecule has 0 saturated carbocycles. The topological polar surface area (TPSA) is 154 Å². The van der Waals surface area contributed by atoms with Gasteiger partial charge in [0.1, 0.15) is 5.82 Å². The van der Waals surface area contributed by atoms with E-state index < -0.39 is 23.6 Å². The first kappa shape index (κ1) is 23.9. The van der Waals surface area contributed by atoms with Crippen molar-refractivity contribution < 1.29 is 24.2 Å². The molecule has 1 aromatic heterocycles. The molecule has 0 saturated heterocycles. The molecule has 5 N–H and O–H groups in total. The summed E-state index contributed by atoms with van der Waals surface area (Å²) in [6, 6.07) is 13.0. The molecule has 0 amide bonds. The number of Topliss-reactive ketones (excluding diaryl/α,β-unsaturated/α-hetero) is 1. The Morgan fingerprint density at radius 2 is 1.94 bits per heavy atom. The predicted molar refractivity (Wildman–Crippen MR) is 131 cm³/mol. The molecule has 0 aliphatic carbocycles. The zero-order valence-electron chi connectivity index (χ0n) is 19.3. The number of aliphatic carboxylic acids is 1. The Morgan fingerprint density at radius 1 is 1.23 bits per heavy atom. The Kier molecular flexibility index (Phi) is 6.25. The summed E-state index contributed by atoms with van der Waals surface area (Å²) in [6.07, 6.45) is 1.74. The number of nitrogen functional groups attached to an aromatic ring is 2. The quantitative estimate of drug-likeness (QED) is 0.434. The van der Waals surface area contributed by atoms with Crippen molar-refractivity contribution in [2.24, 2.45) is 0 Å². The number of ether oxygens (including phenoxy) is 2. The van der Waals surface area contributed by atoms with E-state index in [1.54, 1.807) is 6.07 Å². The van der Waals surface area contributed by atoms with E-state index in [0.717, 1.165) is 12.7 Å². The number of anilines is 3. The molecule has 2 atom stereocenters. The van der Waals surface area contributed by atoms with Gasteiger partial charge in [-0.05, 0) is 29.0 Å². The lowest BCUT2D eigenvalue weighted by molar-refractivity contribution is -0.170. The summed E-state index contributed by atoms with van der Waals surface area (Å²) in [7, 11) is 2.47. The van der Waals surface area contributed by atoms with Gasteiger partial charge in [-0.25, -0.2) is 9.78 Å². The normalized spacial score (nSPS) is 19.3. The Bertz CT molecular complexity index is 1310. The number of hydrogen-bond donors (Lipinski definition) is 3. The molecule has 180 valence electrons. The maximum atomic E-state index is 14.0. The largest absolute Gasteiger partial charge is 0.479 e. The molecule has 10 nitrogen and oxygen atoms in total. The number of carbonyl (C=O) groups excluding carboxylic acids is 1. The van der Waals surface area contributed by atoms with Crippen molar-refractivity contribution in [3.05, 3.63) is 78.1 Å². The number of nitrogens with two attached hydrogens (primary N) is 2. The standard InChI is InChI=1S/C25H25N5O5/c1-4-30-18-11-10-16(14-8-6-5-7-9-14)17(12-15-13-28-24(27)29-21(15)26)19(18)20(31)25(35-3,23(32)33)22(30)34-2/h4-11,13,22H,1,12H2,2-3H3,(H,32,33)(H4,26,27,28,29). The molecule has 1 aliphatic rings. The summed E-state index contributed by atoms with van der Waals surface area (Å²) in [5.74, 6) is -2.06. The number of ketones is 1. The molecular weight excluding hydrogens is 450 g/mol. The van der Waals surface area contributed by atoms with Gasteiger partial charge in [0.15, 0.2) is 6.23 Å². The van der Waals surface area contributed by atoms with Crippen LogP contribution in [0.4, 0.5) is 17.5 Å². The lowest BCUT2D eigenvalue weighted by Crippen LogP contribution is -2.66. The zero-order valence-corrected chi connectivity index (χ0v) is 19.3. The second kappa shape index (κ2) is 9.16. The van der Waals surface area contributed by atoms with Crippen LogP contribution in [0.3, 0.4) is 0 Å². The van der Waals surface area contributed by atoms with Crippen LogP contribution < -0.4 is 16.4 Å². The van der Waals surface area contributed by atoms with Crippen LogP contribution in [0.2, 0.25) is 0 Å². The molecule has 3 aromatic rings. The minimum atomic E-state index is -2.34. The zero-order chi connectivity index (χ0) is 25.3. The molecule has 0 spiro atoms. The van der Waals surface area contributed by atoms with E-state index in [1.807, 2.05) is 36.4 Å². The first-order valence-corrected chi connectivity index (χ1v) is 10.6. The van der Waals surface area contributed by atoms with Crippen molar-refractivity contribution in [1.29, 1.82) is 0 Å². The SMILES string of the molecule is C=CN1c2ccc(-c3ccccc3)c(Cc3cnc(N)nc3N)c2C(=O)C(OC)(C(=O)O)C1OC. The van der Waals surface area contributed by atoms with Crippen molar-refractivity contribution in [3.63, 3.8) is 0 Å². The first-order valence-electron chi connectivity index (χ1n) is 10.6. The van der Waals surface area contributed by atoms with Crippen LogP contribution in [0, 0.1) is 0 Å². The Morgan fingerprint density at radius 3 is 2.51 bits per heavy atom. The number of methoxy groups -OCH3 is 2. The number of fused-ring (bicyclic) bond motifs is 1. The molecule has 2 heterocycles. The maximum absolute atomic E-state index is 14.0. The fourth-order valence-corrected chi connectivity index (χ4v) is 4.51. The second-order valence-electron chi connectivity index (χ2n) is 7.92. The van der Waals surface area contributed by atoms with Crippen LogP contribution in [0.5, 0.6) is 0 Å². The highest BCUT2D eigenvalue weighted by Gasteiger charge is 2.60. The number of nitrogens with zero attached hydrogens (tertiary/aromatic N) is 3. The third kappa shape index (κ3) is 3.69. The summed E-state index contributed by atoms with van der Waals surface area (Å²) in [5.41, 5.74) is 12.6. The first-order chi connectivity index (χ1) is 16.8. The van der Waals surface area contributed by atoms with Gasteiger partial charge < -0.3 is 30.9 Å². The van der Waals surface area contributed by atoms with Gasteiger partial charge in [-0.1, -0.05) is 43.0 Å². The highest BCUT2D eigenvalue weighted by molar-refractivity contribution is 6.21. The molecule has 0 radical (unpaired) electrons. The molecule has 4 rings (SSSR count). The average molecular weight is 476 g/mol. The van der Waals surface area contributed by atoms with Gasteiger partial charge in [0.05, 0.1) is 5.69 Å². The van der Waals surface area contributed by atoms with Crippen LogP contribution in [0.1, 0.15) is 21.5 Å². The van der Waals surface area contributed by atoms with Gasteiger partial charge in [0, 0.05) is 38.0 Å².